The second kappa shape index (κ2) is 11.3. The molecule has 2 N–H and O–H groups in total. The first-order valence-corrected chi connectivity index (χ1v) is 12.9. The van der Waals surface area contributed by atoms with Gasteiger partial charge in [-0.2, -0.15) is 0 Å². The molecule has 1 aliphatic carbocycles. The quantitative estimate of drug-likeness (QED) is 0.507. The Morgan fingerprint density at radius 3 is 2.71 bits per heavy atom. The van der Waals surface area contributed by atoms with Gasteiger partial charge in [0.05, 0.1) is 16.0 Å². The molecule has 0 radical (unpaired) electrons. The SMILES string of the molecule is Cn1ccc([C@H]2CCNCC2C(=O)N(Cc2cc(CCCCO)cc(Cl)c2Cl)C2CC2)cc1=O. The van der Waals surface area contributed by atoms with E-state index < -0.39 is 0 Å². The van der Waals surface area contributed by atoms with Crippen molar-refractivity contribution in [1.29, 1.82) is 0 Å². The van der Waals surface area contributed by atoms with Crippen molar-refractivity contribution in [3.8, 4) is 0 Å². The molecule has 2 aliphatic rings. The number of piperidine rings is 1. The minimum absolute atomic E-state index is 0.00720. The molecule has 1 amide bonds. The van der Waals surface area contributed by atoms with Crippen molar-refractivity contribution in [2.75, 3.05) is 19.7 Å². The minimum Gasteiger partial charge on any atom is -0.396 e. The third-order valence-corrected chi connectivity index (χ3v) is 7.85. The fourth-order valence-corrected chi connectivity index (χ4v) is 5.32. The molecule has 184 valence electrons. The molecule has 34 heavy (non-hydrogen) atoms. The summed E-state index contributed by atoms with van der Waals surface area (Å²) in [5.41, 5.74) is 2.81. The zero-order valence-corrected chi connectivity index (χ0v) is 21.1. The van der Waals surface area contributed by atoms with E-state index in [9.17, 15) is 9.59 Å². The number of aliphatic hydroxyl groups is 1. The van der Waals surface area contributed by atoms with Crippen LogP contribution in [0.25, 0.3) is 0 Å². The van der Waals surface area contributed by atoms with E-state index in [0.29, 0.717) is 23.1 Å². The molecule has 2 atom stereocenters. The summed E-state index contributed by atoms with van der Waals surface area (Å²) < 4.78 is 1.55. The zero-order valence-electron chi connectivity index (χ0n) is 19.6. The molecule has 1 saturated carbocycles. The maximum atomic E-state index is 13.9. The van der Waals surface area contributed by atoms with Crippen molar-refractivity contribution in [1.82, 2.24) is 14.8 Å². The van der Waals surface area contributed by atoms with Crippen molar-refractivity contribution in [3.05, 3.63) is 67.6 Å². The Morgan fingerprint density at radius 2 is 2.00 bits per heavy atom. The van der Waals surface area contributed by atoms with E-state index in [-0.39, 0.29) is 36.0 Å². The number of aliphatic hydroxyl groups excluding tert-OH is 1. The van der Waals surface area contributed by atoms with E-state index in [1.807, 2.05) is 23.1 Å². The fourth-order valence-electron chi connectivity index (χ4n) is 4.89. The topological polar surface area (TPSA) is 74.6 Å². The molecule has 4 rings (SSSR count). The lowest BCUT2D eigenvalue weighted by molar-refractivity contribution is -0.138. The summed E-state index contributed by atoms with van der Waals surface area (Å²) in [6.45, 7) is 2.01. The number of aryl methyl sites for hydroxylation is 2. The number of carbonyl (C=O) groups excluding carboxylic acids is 1. The smallest absolute Gasteiger partial charge is 0.250 e. The lowest BCUT2D eigenvalue weighted by Gasteiger charge is -2.36. The van der Waals surface area contributed by atoms with Crippen LogP contribution in [0.5, 0.6) is 0 Å². The summed E-state index contributed by atoms with van der Waals surface area (Å²) in [7, 11) is 1.73. The molecule has 6 nitrogen and oxygen atoms in total. The van der Waals surface area contributed by atoms with Crippen LogP contribution < -0.4 is 10.9 Å². The predicted octanol–water partition coefficient (Wildman–Crippen LogP) is 3.89. The first kappa shape index (κ1) is 25.2. The highest BCUT2D eigenvalue weighted by molar-refractivity contribution is 6.42. The number of pyridine rings is 1. The molecule has 1 aromatic heterocycles. The predicted molar refractivity (Wildman–Crippen MR) is 135 cm³/mol. The van der Waals surface area contributed by atoms with E-state index >= 15 is 0 Å². The van der Waals surface area contributed by atoms with Crippen molar-refractivity contribution in [2.45, 2.75) is 57.0 Å². The molecule has 8 heteroatoms. The van der Waals surface area contributed by atoms with Gasteiger partial charge in [0.2, 0.25) is 5.91 Å². The first-order valence-electron chi connectivity index (χ1n) is 12.1. The highest BCUT2D eigenvalue weighted by Crippen LogP contribution is 2.37. The number of benzene rings is 1. The molecule has 1 unspecified atom stereocenters. The average molecular weight is 506 g/mol. The Balaban J connectivity index is 1.58. The summed E-state index contributed by atoms with van der Waals surface area (Å²) >= 11 is 13.0. The van der Waals surface area contributed by atoms with Gasteiger partial charge in [-0.05, 0) is 79.8 Å². The molecule has 2 aromatic rings. The number of nitrogens with one attached hydrogen (secondary N) is 1. The number of hydrogen-bond donors (Lipinski definition) is 2. The standard InChI is InChI=1S/C26H33Cl2N3O3/c1-30-10-8-18(14-24(30)33)21-7-9-29-15-22(21)26(34)31(20-5-6-20)16-19-12-17(4-2-3-11-32)13-23(27)25(19)28/h8,10,12-14,20-22,29,32H,2-7,9,11,15-16H2,1H3/t21-,22?/m1/s1. The normalized spacial score (nSPS) is 20.4. The second-order valence-corrected chi connectivity index (χ2v) is 10.3. The number of carbonyl (C=O) groups is 1. The highest BCUT2D eigenvalue weighted by Gasteiger charge is 2.40. The molecular weight excluding hydrogens is 473 g/mol. The van der Waals surface area contributed by atoms with Gasteiger partial charge in [-0.25, -0.2) is 0 Å². The summed E-state index contributed by atoms with van der Waals surface area (Å²) in [4.78, 5) is 28.1. The van der Waals surface area contributed by atoms with Crippen LogP contribution in [-0.2, 0) is 24.8 Å². The molecule has 1 aliphatic heterocycles. The van der Waals surface area contributed by atoms with Gasteiger partial charge in [0, 0.05) is 45.0 Å². The number of aromatic nitrogens is 1. The maximum Gasteiger partial charge on any atom is 0.250 e. The van der Waals surface area contributed by atoms with Crippen LogP contribution in [0.3, 0.4) is 0 Å². The summed E-state index contributed by atoms with van der Waals surface area (Å²) in [5.74, 6) is -0.116. The zero-order chi connectivity index (χ0) is 24.2. The van der Waals surface area contributed by atoms with E-state index in [4.69, 9.17) is 28.3 Å². The molecule has 2 heterocycles. The molecule has 0 spiro atoms. The van der Waals surface area contributed by atoms with Gasteiger partial charge in [-0.15, -0.1) is 0 Å². The van der Waals surface area contributed by atoms with Crippen LogP contribution in [-0.4, -0.2) is 46.2 Å². The Labute approximate surface area is 210 Å². The van der Waals surface area contributed by atoms with Gasteiger partial charge in [-0.1, -0.05) is 29.3 Å². The number of hydrogen-bond acceptors (Lipinski definition) is 4. The van der Waals surface area contributed by atoms with Crippen molar-refractivity contribution in [3.63, 3.8) is 0 Å². The van der Waals surface area contributed by atoms with E-state index in [0.717, 1.165) is 61.8 Å². The largest absolute Gasteiger partial charge is 0.396 e. The Hall–Kier alpha value is -1.86. The van der Waals surface area contributed by atoms with E-state index in [1.54, 1.807) is 23.9 Å². The van der Waals surface area contributed by atoms with Gasteiger partial charge in [0.25, 0.3) is 5.56 Å². The second-order valence-electron chi connectivity index (χ2n) is 9.54. The average Bonchev–Trinajstić information content (AvgIpc) is 3.67. The lowest BCUT2D eigenvalue weighted by Crippen LogP contribution is -2.47. The van der Waals surface area contributed by atoms with Crippen LogP contribution in [0, 0.1) is 5.92 Å². The van der Waals surface area contributed by atoms with Crippen molar-refractivity contribution in [2.24, 2.45) is 13.0 Å². The summed E-state index contributed by atoms with van der Waals surface area (Å²) in [5, 5.41) is 13.5. The van der Waals surface area contributed by atoms with Gasteiger partial charge in [-0.3, -0.25) is 9.59 Å². The van der Waals surface area contributed by atoms with E-state index in [1.165, 1.54) is 0 Å². The van der Waals surface area contributed by atoms with Crippen LogP contribution in [0.15, 0.2) is 35.3 Å². The third kappa shape index (κ3) is 5.85. The van der Waals surface area contributed by atoms with Crippen molar-refractivity contribution >= 4 is 29.1 Å². The minimum atomic E-state index is -0.233. The Kier molecular flexibility index (Phi) is 8.35. The van der Waals surface area contributed by atoms with Crippen LogP contribution in [0.1, 0.15) is 54.7 Å². The molecular formula is C26H33Cl2N3O3. The first-order chi connectivity index (χ1) is 16.4. The van der Waals surface area contributed by atoms with Crippen LogP contribution in [0.4, 0.5) is 0 Å². The number of halogens is 2. The van der Waals surface area contributed by atoms with Crippen LogP contribution >= 0.6 is 23.2 Å². The number of rotatable bonds is 9. The Morgan fingerprint density at radius 1 is 1.21 bits per heavy atom. The van der Waals surface area contributed by atoms with E-state index in [2.05, 4.69) is 5.32 Å². The lowest BCUT2D eigenvalue weighted by atomic mass is 9.80. The summed E-state index contributed by atoms with van der Waals surface area (Å²) in [6.07, 6.45) is 6.98. The maximum absolute atomic E-state index is 13.9. The molecule has 0 bridgehead atoms. The summed E-state index contributed by atoms with van der Waals surface area (Å²) in [6, 6.07) is 7.78. The number of amides is 1. The van der Waals surface area contributed by atoms with Crippen molar-refractivity contribution < 1.29 is 9.90 Å². The monoisotopic (exact) mass is 505 g/mol. The molecule has 1 aromatic carbocycles. The van der Waals surface area contributed by atoms with Gasteiger partial charge in [0.15, 0.2) is 0 Å². The fraction of sp³-hybridized carbons (Fsp3) is 0.538. The number of unbranched alkanes of at least 4 members (excludes halogenated alkanes) is 1. The van der Waals surface area contributed by atoms with Crippen LogP contribution in [0.2, 0.25) is 10.0 Å². The van der Waals surface area contributed by atoms with Gasteiger partial charge in [0.1, 0.15) is 0 Å². The molecule has 1 saturated heterocycles. The molecule has 2 fully saturated rings. The highest BCUT2D eigenvalue weighted by atomic mass is 35.5. The Bertz CT molecular complexity index is 1080. The van der Waals surface area contributed by atoms with Gasteiger partial charge < -0.3 is 19.9 Å². The number of nitrogens with zero attached hydrogens (tertiary/aromatic N) is 2. The third-order valence-electron chi connectivity index (χ3n) is 7.00. The van der Waals surface area contributed by atoms with Gasteiger partial charge >= 0.3 is 0 Å².